The average Bonchev–Trinajstić information content (AvgIpc) is 3.48. The number of aliphatic hydroxyl groups is 1. The van der Waals surface area contributed by atoms with E-state index >= 15 is 0 Å². The zero-order valence-electron chi connectivity index (χ0n) is 17.9. The molecule has 0 radical (unpaired) electrons. The highest BCUT2D eigenvalue weighted by molar-refractivity contribution is 5.80. The van der Waals surface area contributed by atoms with Gasteiger partial charge >= 0.3 is 0 Å². The third-order valence-corrected chi connectivity index (χ3v) is 6.53. The van der Waals surface area contributed by atoms with Crippen LogP contribution in [0.4, 0.5) is 8.78 Å². The van der Waals surface area contributed by atoms with Crippen molar-refractivity contribution >= 4 is 5.91 Å². The Bertz CT molecular complexity index is 926. The highest BCUT2D eigenvalue weighted by atomic mass is 19.2. The molecule has 1 aliphatic carbocycles. The number of likely N-dealkylation sites (tertiary alicyclic amines) is 1. The molecule has 8 heteroatoms. The van der Waals surface area contributed by atoms with E-state index in [4.69, 9.17) is 0 Å². The van der Waals surface area contributed by atoms with Crippen LogP contribution in [0.1, 0.15) is 62.0 Å². The Morgan fingerprint density at radius 1 is 1.29 bits per heavy atom. The van der Waals surface area contributed by atoms with Crippen molar-refractivity contribution in [3.8, 4) is 0 Å². The van der Waals surface area contributed by atoms with Crippen LogP contribution in [0.25, 0.3) is 0 Å². The number of amides is 1. The minimum atomic E-state index is -0.889. The number of carbonyl (C=O) groups is 1. The zero-order valence-corrected chi connectivity index (χ0v) is 17.9. The molecule has 1 saturated carbocycles. The van der Waals surface area contributed by atoms with E-state index in [1.54, 1.807) is 6.20 Å². The van der Waals surface area contributed by atoms with Gasteiger partial charge < -0.3 is 20.3 Å². The highest BCUT2D eigenvalue weighted by Gasteiger charge is 2.48. The molecule has 0 unspecified atom stereocenters. The van der Waals surface area contributed by atoms with Gasteiger partial charge in [-0.3, -0.25) is 4.79 Å². The van der Waals surface area contributed by atoms with Crippen LogP contribution in [0.5, 0.6) is 0 Å². The van der Waals surface area contributed by atoms with Crippen LogP contribution in [-0.2, 0) is 11.3 Å². The number of aromatic amines is 1. The summed E-state index contributed by atoms with van der Waals surface area (Å²) in [4.78, 5) is 22.7. The maximum absolute atomic E-state index is 13.6. The lowest BCUT2D eigenvalue weighted by Gasteiger charge is -2.24. The fraction of sp³-hybridized carbons (Fsp3) is 0.565. The molecule has 0 bridgehead atoms. The molecule has 0 spiro atoms. The lowest BCUT2D eigenvalue weighted by Crippen LogP contribution is -2.38. The predicted molar refractivity (Wildman–Crippen MR) is 112 cm³/mol. The van der Waals surface area contributed by atoms with E-state index in [0.717, 1.165) is 43.5 Å². The number of nitrogens with one attached hydrogen (secondary N) is 2. The molecule has 2 aromatic rings. The molecule has 4 atom stereocenters. The largest absolute Gasteiger partial charge is 0.392 e. The highest BCUT2D eigenvalue weighted by Crippen LogP contribution is 2.40. The third kappa shape index (κ3) is 4.50. The van der Waals surface area contributed by atoms with Crippen LogP contribution in [-0.4, -0.2) is 51.1 Å². The summed E-state index contributed by atoms with van der Waals surface area (Å²) in [5.41, 5.74) is 1.39. The predicted octanol–water partition coefficient (Wildman–Crippen LogP) is 3.06. The summed E-state index contributed by atoms with van der Waals surface area (Å²) in [7, 11) is 0. The number of aliphatic hydroxyl groups excluding tert-OH is 1. The summed E-state index contributed by atoms with van der Waals surface area (Å²) in [6, 6.07) is 3.60. The standard InChI is InChI=1S/C23H30F2N4O2/c1-13(2)22-27-12-19(28-22)20-18(26-11-14-5-6-16(24)17(25)9-14)10-15(21(20)30)23(31)29-7-3-4-8-29/h5-6,9,12-13,15,18,20-21,26,30H,3-4,7-8,10-11H2,1-2H3,(H,27,28)/t15-,18+,20+,21+/m0/s1. The van der Waals surface area contributed by atoms with E-state index in [2.05, 4.69) is 15.3 Å². The van der Waals surface area contributed by atoms with Gasteiger partial charge in [-0.05, 0) is 37.0 Å². The molecule has 1 aromatic heterocycles. The second-order valence-corrected chi connectivity index (χ2v) is 9.01. The zero-order chi connectivity index (χ0) is 22.1. The van der Waals surface area contributed by atoms with Crippen LogP contribution in [0.2, 0.25) is 0 Å². The van der Waals surface area contributed by atoms with Crippen LogP contribution >= 0.6 is 0 Å². The van der Waals surface area contributed by atoms with Crippen molar-refractivity contribution in [1.29, 1.82) is 0 Å². The van der Waals surface area contributed by atoms with Gasteiger partial charge in [0.2, 0.25) is 5.91 Å². The number of H-pyrrole nitrogens is 1. The number of rotatable bonds is 6. The fourth-order valence-corrected chi connectivity index (χ4v) is 4.79. The van der Waals surface area contributed by atoms with Crippen molar-refractivity contribution in [2.24, 2.45) is 5.92 Å². The average molecular weight is 433 g/mol. The van der Waals surface area contributed by atoms with Crippen molar-refractivity contribution in [1.82, 2.24) is 20.2 Å². The topological polar surface area (TPSA) is 81.2 Å². The van der Waals surface area contributed by atoms with Gasteiger partial charge in [0.25, 0.3) is 0 Å². The first-order valence-electron chi connectivity index (χ1n) is 11.0. The Balaban J connectivity index is 1.55. The number of imidazole rings is 1. The molecule has 1 saturated heterocycles. The lowest BCUT2D eigenvalue weighted by molar-refractivity contribution is -0.137. The summed E-state index contributed by atoms with van der Waals surface area (Å²) in [6.45, 7) is 5.85. The van der Waals surface area contributed by atoms with E-state index < -0.39 is 23.7 Å². The minimum Gasteiger partial charge on any atom is -0.392 e. The Morgan fingerprint density at radius 2 is 2.03 bits per heavy atom. The molecular formula is C23H30F2N4O2. The first kappa shape index (κ1) is 21.9. The van der Waals surface area contributed by atoms with Gasteiger partial charge in [-0.15, -0.1) is 0 Å². The van der Waals surface area contributed by atoms with Crippen molar-refractivity contribution < 1.29 is 18.7 Å². The van der Waals surface area contributed by atoms with Crippen LogP contribution in [0.3, 0.4) is 0 Å². The van der Waals surface area contributed by atoms with E-state index in [1.807, 2.05) is 18.7 Å². The van der Waals surface area contributed by atoms with Gasteiger partial charge in [0.05, 0.1) is 12.0 Å². The van der Waals surface area contributed by atoms with Crippen molar-refractivity contribution in [2.45, 2.75) is 63.6 Å². The normalized spacial score (nSPS) is 26.2. The molecule has 6 nitrogen and oxygen atoms in total. The Labute approximate surface area is 181 Å². The molecule has 1 aliphatic heterocycles. The summed E-state index contributed by atoms with van der Waals surface area (Å²) >= 11 is 0. The number of carbonyl (C=O) groups excluding carboxylic acids is 1. The summed E-state index contributed by atoms with van der Waals surface area (Å²) < 4.78 is 26.8. The number of benzene rings is 1. The van der Waals surface area contributed by atoms with Gasteiger partial charge in [0, 0.05) is 49.4 Å². The first-order valence-corrected chi connectivity index (χ1v) is 11.0. The Morgan fingerprint density at radius 3 is 2.68 bits per heavy atom. The maximum Gasteiger partial charge on any atom is 0.228 e. The summed E-state index contributed by atoms with van der Waals surface area (Å²) in [6.07, 6.45) is 3.34. The quantitative estimate of drug-likeness (QED) is 0.655. The van der Waals surface area contributed by atoms with E-state index in [1.165, 1.54) is 12.1 Å². The number of aromatic nitrogens is 2. The monoisotopic (exact) mass is 432 g/mol. The molecule has 1 aromatic carbocycles. The SMILES string of the molecule is CC(C)c1ncc([C@@H]2[C@H](O)[C@@H](C(=O)N3CCCC3)C[C@H]2NCc2ccc(F)c(F)c2)[nH]1. The van der Waals surface area contributed by atoms with Gasteiger partial charge in [-0.25, -0.2) is 13.8 Å². The Kier molecular flexibility index (Phi) is 6.39. The van der Waals surface area contributed by atoms with E-state index in [9.17, 15) is 18.7 Å². The molecule has 4 rings (SSSR count). The third-order valence-electron chi connectivity index (χ3n) is 6.53. The molecule has 2 fully saturated rings. The molecule has 1 amide bonds. The molecule has 2 aliphatic rings. The number of hydrogen-bond donors (Lipinski definition) is 3. The summed E-state index contributed by atoms with van der Waals surface area (Å²) in [5, 5.41) is 14.6. The second-order valence-electron chi connectivity index (χ2n) is 9.01. The first-order chi connectivity index (χ1) is 14.8. The van der Waals surface area contributed by atoms with Crippen molar-refractivity contribution in [2.75, 3.05) is 13.1 Å². The van der Waals surface area contributed by atoms with Gasteiger partial charge in [0.1, 0.15) is 5.82 Å². The van der Waals surface area contributed by atoms with E-state index in [-0.39, 0.29) is 23.8 Å². The summed E-state index contributed by atoms with van der Waals surface area (Å²) in [5.74, 6) is -1.58. The fourth-order valence-electron chi connectivity index (χ4n) is 4.79. The molecule has 31 heavy (non-hydrogen) atoms. The van der Waals surface area contributed by atoms with Gasteiger partial charge in [0.15, 0.2) is 11.6 Å². The second kappa shape index (κ2) is 9.04. The van der Waals surface area contributed by atoms with Crippen molar-refractivity contribution in [3.05, 3.63) is 53.1 Å². The van der Waals surface area contributed by atoms with Crippen LogP contribution in [0.15, 0.2) is 24.4 Å². The maximum atomic E-state index is 13.6. The lowest BCUT2D eigenvalue weighted by atomic mass is 9.95. The number of nitrogens with zero attached hydrogens (tertiary/aromatic N) is 2. The minimum absolute atomic E-state index is 0.00396. The van der Waals surface area contributed by atoms with Crippen LogP contribution < -0.4 is 5.32 Å². The van der Waals surface area contributed by atoms with Crippen LogP contribution in [0, 0.1) is 17.6 Å². The van der Waals surface area contributed by atoms with Gasteiger partial charge in [-0.2, -0.15) is 0 Å². The molecule has 168 valence electrons. The molecular weight excluding hydrogens is 402 g/mol. The molecule has 3 N–H and O–H groups in total. The number of halogens is 2. The number of hydrogen-bond acceptors (Lipinski definition) is 4. The molecule has 2 heterocycles. The van der Waals surface area contributed by atoms with E-state index in [0.29, 0.717) is 18.5 Å². The smallest absolute Gasteiger partial charge is 0.228 e. The van der Waals surface area contributed by atoms with Gasteiger partial charge in [-0.1, -0.05) is 19.9 Å². The van der Waals surface area contributed by atoms with Crippen molar-refractivity contribution in [3.63, 3.8) is 0 Å². The Hall–Kier alpha value is -2.32.